The molecule has 0 bridgehead atoms. The number of pyridine rings is 1. The van der Waals surface area contributed by atoms with E-state index in [-0.39, 0.29) is 29.5 Å². The third-order valence-electron chi connectivity index (χ3n) is 5.57. The fourth-order valence-corrected chi connectivity index (χ4v) is 4.33. The number of aromatic amines is 1. The molecule has 7 heteroatoms. The van der Waals surface area contributed by atoms with E-state index >= 15 is 0 Å². The van der Waals surface area contributed by atoms with E-state index in [0.29, 0.717) is 17.0 Å². The number of hydrogen-bond donors (Lipinski definition) is 1. The average Bonchev–Trinajstić information content (AvgIpc) is 2.75. The number of halogens is 1. The van der Waals surface area contributed by atoms with Crippen molar-refractivity contribution in [2.24, 2.45) is 0 Å². The Kier molecular flexibility index (Phi) is 5.65. The summed E-state index contributed by atoms with van der Waals surface area (Å²) < 4.78 is 0. The number of benzene rings is 2. The number of nitrogens with one attached hydrogen (secondary N) is 1. The van der Waals surface area contributed by atoms with Gasteiger partial charge in [-0.3, -0.25) is 14.4 Å². The highest BCUT2D eigenvalue weighted by Crippen LogP contribution is 2.42. The predicted octanol–water partition coefficient (Wildman–Crippen LogP) is 4.56. The molecule has 2 atom stereocenters. The Morgan fingerprint density at radius 3 is 2.42 bits per heavy atom. The van der Waals surface area contributed by atoms with Crippen molar-refractivity contribution in [1.82, 2.24) is 4.98 Å². The highest BCUT2D eigenvalue weighted by atomic mass is 35.5. The van der Waals surface area contributed by atoms with Gasteiger partial charge in [-0.25, -0.2) is 0 Å². The summed E-state index contributed by atoms with van der Waals surface area (Å²) in [5.41, 5.74) is 2.54. The quantitative estimate of drug-likeness (QED) is 0.655. The molecule has 3 aromatic rings. The zero-order valence-electron chi connectivity index (χ0n) is 17.2. The number of rotatable bonds is 3. The topological polar surface area (TPSA) is 73.5 Å². The Labute approximate surface area is 185 Å². The van der Waals surface area contributed by atoms with Crippen molar-refractivity contribution in [2.45, 2.75) is 32.4 Å². The molecule has 2 amide bonds. The van der Waals surface area contributed by atoms with Crippen LogP contribution in [-0.2, 0) is 4.79 Å². The van der Waals surface area contributed by atoms with Crippen molar-refractivity contribution in [1.29, 1.82) is 0 Å². The number of anilines is 2. The number of H-pyrrole nitrogens is 1. The number of carbonyl (C=O) groups excluding carboxylic acids is 2. The largest absolute Gasteiger partial charge is 0.328 e. The van der Waals surface area contributed by atoms with Crippen molar-refractivity contribution >= 4 is 34.8 Å². The van der Waals surface area contributed by atoms with Crippen molar-refractivity contribution in [3.8, 4) is 0 Å². The molecule has 0 spiro atoms. The van der Waals surface area contributed by atoms with Gasteiger partial charge in [-0.05, 0) is 55.3 Å². The monoisotopic (exact) mass is 435 g/mol. The summed E-state index contributed by atoms with van der Waals surface area (Å²) in [4.78, 5) is 43.5. The maximum Gasteiger partial charge on any atom is 0.260 e. The highest BCUT2D eigenvalue weighted by molar-refractivity contribution is 6.30. The van der Waals surface area contributed by atoms with Crippen LogP contribution in [0.2, 0.25) is 5.02 Å². The predicted molar refractivity (Wildman–Crippen MR) is 122 cm³/mol. The molecule has 1 aromatic heterocycles. The van der Waals surface area contributed by atoms with E-state index in [9.17, 15) is 14.4 Å². The van der Waals surface area contributed by atoms with E-state index in [1.165, 1.54) is 18.3 Å². The Morgan fingerprint density at radius 1 is 1.06 bits per heavy atom. The van der Waals surface area contributed by atoms with Crippen LogP contribution in [0.15, 0.2) is 71.7 Å². The van der Waals surface area contributed by atoms with Crippen LogP contribution in [0.5, 0.6) is 0 Å². The molecule has 31 heavy (non-hydrogen) atoms. The molecule has 1 aliphatic heterocycles. The number of amides is 2. The Bertz CT molecular complexity index is 1170. The van der Waals surface area contributed by atoms with Crippen LogP contribution in [0.4, 0.5) is 11.4 Å². The summed E-state index contributed by atoms with van der Waals surface area (Å²) in [6.45, 7) is 3.51. The van der Waals surface area contributed by atoms with E-state index in [1.807, 2.05) is 43.3 Å². The van der Waals surface area contributed by atoms with E-state index in [4.69, 9.17) is 11.6 Å². The number of hydrogen-bond acceptors (Lipinski definition) is 3. The molecule has 0 fully saturated rings. The lowest BCUT2D eigenvalue weighted by Crippen LogP contribution is -2.47. The van der Waals surface area contributed by atoms with Crippen LogP contribution in [0.25, 0.3) is 0 Å². The molecule has 2 heterocycles. The van der Waals surface area contributed by atoms with Gasteiger partial charge in [-0.15, -0.1) is 0 Å². The molecule has 2 unspecified atom stereocenters. The molecule has 0 radical (unpaired) electrons. The minimum atomic E-state index is -0.260. The molecule has 0 aliphatic carbocycles. The fraction of sp³-hybridized carbons (Fsp3) is 0.208. The van der Waals surface area contributed by atoms with Crippen molar-refractivity contribution in [3.05, 3.63) is 93.4 Å². The maximum atomic E-state index is 13.3. The number of para-hydroxylation sites is 1. The van der Waals surface area contributed by atoms with Crippen LogP contribution < -0.4 is 15.4 Å². The summed E-state index contributed by atoms with van der Waals surface area (Å²) in [5, 5.41) is 0.599. The summed E-state index contributed by atoms with van der Waals surface area (Å²) in [5.74, 6) is -0.287. The molecule has 0 saturated carbocycles. The SMILES string of the molecule is CC(=O)N(c1ccc(Cl)cc1)C1CC(C)N(C(=O)c2ccc(=O)[nH]c2)c2ccccc21. The first-order chi connectivity index (χ1) is 14.9. The average molecular weight is 436 g/mol. The molecule has 1 N–H and O–H groups in total. The third-order valence-corrected chi connectivity index (χ3v) is 5.82. The number of carbonyl (C=O) groups is 2. The van der Waals surface area contributed by atoms with E-state index in [1.54, 1.807) is 28.9 Å². The molecule has 158 valence electrons. The second kappa shape index (κ2) is 8.40. The maximum absolute atomic E-state index is 13.3. The first-order valence-corrected chi connectivity index (χ1v) is 10.4. The number of nitrogens with zero attached hydrogens (tertiary/aromatic N) is 2. The summed E-state index contributed by atoms with van der Waals surface area (Å²) >= 11 is 6.04. The van der Waals surface area contributed by atoms with Gasteiger partial charge in [0.05, 0.1) is 11.6 Å². The zero-order chi connectivity index (χ0) is 22.1. The van der Waals surface area contributed by atoms with Crippen LogP contribution >= 0.6 is 11.6 Å². The van der Waals surface area contributed by atoms with Crippen LogP contribution in [0, 0.1) is 0 Å². The van der Waals surface area contributed by atoms with Crippen molar-refractivity contribution < 1.29 is 9.59 Å². The molecular formula is C24H22ClN3O3. The minimum absolute atomic E-state index is 0.0882. The fourth-order valence-electron chi connectivity index (χ4n) is 4.20. The van der Waals surface area contributed by atoms with E-state index in [2.05, 4.69) is 4.98 Å². The van der Waals surface area contributed by atoms with Crippen LogP contribution in [-0.4, -0.2) is 22.8 Å². The van der Waals surface area contributed by atoms with Gasteiger partial charge >= 0.3 is 0 Å². The smallest absolute Gasteiger partial charge is 0.260 e. The van der Waals surface area contributed by atoms with Gasteiger partial charge in [0.15, 0.2) is 0 Å². The molecule has 1 aliphatic rings. The van der Waals surface area contributed by atoms with E-state index < -0.39 is 0 Å². The molecule has 6 nitrogen and oxygen atoms in total. The first-order valence-electron chi connectivity index (χ1n) is 10.0. The van der Waals surface area contributed by atoms with Gasteiger partial charge < -0.3 is 14.8 Å². The number of aromatic nitrogens is 1. The molecule has 0 saturated heterocycles. The van der Waals surface area contributed by atoms with Gasteiger partial charge in [0.25, 0.3) is 5.91 Å². The Hall–Kier alpha value is -3.38. The van der Waals surface area contributed by atoms with Gasteiger partial charge in [0, 0.05) is 41.6 Å². The summed E-state index contributed by atoms with van der Waals surface area (Å²) in [7, 11) is 0. The normalized spacial score (nSPS) is 17.7. The van der Waals surface area contributed by atoms with Crippen LogP contribution in [0.1, 0.15) is 42.2 Å². The second-order valence-corrected chi connectivity index (χ2v) is 8.08. The summed E-state index contributed by atoms with van der Waals surface area (Å²) in [6.07, 6.45) is 2.00. The lowest BCUT2D eigenvalue weighted by molar-refractivity contribution is -0.117. The lowest BCUT2D eigenvalue weighted by Gasteiger charge is -2.43. The standard InChI is InChI=1S/C24H22ClN3O3/c1-15-13-22(28(16(2)29)19-10-8-18(25)9-11-19)20-5-3-4-6-21(20)27(15)24(31)17-7-12-23(30)26-14-17/h3-12,14-15,22H,13H2,1-2H3,(H,26,30). The Balaban J connectivity index is 1.78. The highest BCUT2D eigenvalue weighted by Gasteiger charge is 2.38. The van der Waals surface area contributed by atoms with Gasteiger partial charge in [0.2, 0.25) is 11.5 Å². The Morgan fingerprint density at radius 2 is 1.77 bits per heavy atom. The lowest BCUT2D eigenvalue weighted by atomic mass is 9.89. The van der Waals surface area contributed by atoms with Crippen molar-refractivity contribution in [2.75, 3.05) is 9.80 Å². The third kappa shape index (κ3) is 3.99. The van der Waals surface area contributed by atoms with Crippen molar-refractivity contribution in [3.63, 3.8) is 0 Å². The second-order valence-electron chi connectivity index (χ2n) is 7.64. The van der Waals surface area contributed by atoms with Crippen LogP contribution in [0.3, 0.4) is 0 Å². The van der Waals surface area contributed by atoms with Gasteiger partial charge in [-0.2, -0.15) is 0 Å². The zero-order valence-corrected chi connectivity index (χ0v) is 18.0. The molecular weight excluding hydrogens is 414 g/mol. The molecule has 2 aromatic carbocycles. The number of fused-ring (bicyclic) bond motifs is 1. The first kappa shape index (κ1) is 20.9. The summed E-state index contributed by atoms with van der Waals surface area (Å²) in [6, 6.07) is 17.3. The van der Waals surface area contributed by atoms with E-state index in [0.717, 1.165) is 16.9 Å². The van der Waals surface area contributed by atoms with Gasteiger partial charge in [0.1, 0.15) is 0 Å². The minimum Gasteiger partial charge on any atom is -0.328 e. The molecule has 4 rings (SSSR count). The van der Waals surface area contributed by atoms with Gasteiger partial charge in [-0.1, -0.05) is 29.8 Å².